The van der Waals surface area contributed by atoms with E-state index in [0.717, 1.165) is 66.6 Å². The Morgan fingerprint density at radius 3 is 1.29 bits per heavy atom. The molecule has 2 nitrogen and oxygen atoms in total. The Hall–Kier alpha value is -2.92. The zero-order chi connectivity index (χ0) is 44.8. The van der Waals surface area contributed by atoms with Crippen molar-refractivity contribution in [1.29, 1.82) is 0 Å². The molecule has 0 aliphatic carbocycles. The molecule has 0 unspecified atom stereocenters. The Bertz CT molecular complexity index is 1580. The van der Waals surface area contributed by atoms with Crippen molar-refractivity contribution in [2.75, 3.05) is 0 Å². The summed E-state index contributed by atoms with van der Waals surface area (Å²) in [6, 6.07) is 18.0. The van der Waals surface area contributed by atoms with Crippen molar-refractivity contribution in [2.45, 2.75) is 278 Å². The van der Waals surface area contributed by atoms with Gasteiger partial charge in [-0.2, -0.15) is 0 Å². The molecule has 3 rings (SSSR count). The van der Waals surface area contributed by atoms with E-state index in [4.69, 9.17) is 0 Å². The van der Waals surface area contributed by atoms with E-state index in [-0.39, 0.29) is 0 Å². The summed E-state index contributed by atoms with van der Waals surface area (Å²) in [5.41, 5.74) is 21.1. The van der Waals surface area contributed by atoms with Crippen LogP contribution >= 0.6 is 0 Å². The SMILES string of the molecule is CCCCCCCCCCCCCCCCCCCCCCCCCCC#CC1=C(c2cccc(CCCC)c2)[N+](=[N-])C(c2ccc(CCCCCCCC)cc2)=C1CCCCC. The summed E-state index contributed by atoms with van der Waals surface area (Å²) in [4.78, 5) is 0. The molecule has 0 amide bonds. The number of rotatable bonds is 40. The summed E-state index contributed by atoms with van der Waals surface area (Å²) in [5, 5.41) is 0. The molecule has 1 aliphatic rings. The average molecular weight is 859 g/mol. The largest absolute Gasteiger partial charge is 0.493 e. The molecule has 0 fully saturated rings. The van der Waals surface area contributed by atoms with Crippen molar-refractivity contribution in [3.8, 4) is 11.8 Å². The molecule has 2 heteroatoms. The van der Waals surface area contributed by atoms with E-state index < -0.39 is 0 Å². The van der Waals surface area contributed by atoms with Gasteiger partial charge in [-0.05, 0) is 80.3 Å². The van der Waals surface area contributed by atoms with Crippen molar-refractivity contribution < 1.29 is 4.70 Å². The van der Waals surface area contributed by atoms with Crippen molar-refractivity contribution in [3.05, 3.63) is 87.5 Å². The standard InChI is InChI=1S/C61H98N2/c1-5-9-13-15-17-18-19-20-21-22-23-24-25-26-27-28-29-30-31-32-33-34-35-36-38-41-48-59-58(47-39-11-7-3)60(56-51-49-54(50-52-56)44-40-37-16-14-10-6-2)63(62)61(59)57-46-42-45-55(53-57)43-12-8-4/h42,45-46,49-53H,5-40,43-44,47H2,1-4H3. The van der Waals surface area contributed by atoms with Gasteiger partial charge in [0.1, 0.15) is 5.57 Å². The molecule has 0 aromatic heterocycles. The second-order valence-corrected chi connectivity index (χ2v) is 19.5. The van der Waals surface area contributed by atoms with Gasteiger partial charge in [-0.3, -0.25) is 0 Å². The fourth-order valence-corrected chi connectivity index (χ4v) is 9.62. The molecule has 1 aliphatic heterocycles. The fraction of sp³-hybridized carbons (Fsp3) is 0.705. The summed E-state index contributed by atoms with van der Waals surface area (Å²) in [5.74, 6) is 7.32. The molecule has 2 aromatic carbocycles. The second-order valence-electron chi connectivity index (χ2n) is 19.5. The first-order valence-electron chi connectivity index (χ1n) is 27.8. The first-order valence-corrected chi connectivity index (χ1v) is 27.8. The first-order chi connectivity index (χ1) is 31.1. The van der Waals surface area contributed by atoms with E-state index >= 15 is 0 Å². The van der Waals surface area contributed by atoms with E-state index in [1.807, 2.05) is 0 Å². The van der Waals surface area contributed by atoms with Crippen LogP contribution < -0.4 is 0 Å². The Balaban J connectivity index is 1.44. The highest BCUT2D eigenvalue weighted by molar-refractivity contribution is 5.85. The smallest absolute Gasteiger partial charge is 0.223 e. The van der Waals surface area contributed by atoms with Crippen LogP contribution in [-0.4, -0.2) is 4.70 Å². The molecule has 352 valence electrons. The maximum Gasteiger partial charge on any atom is 0.223 e. The molecule has 0 saturated carbocycles. The second kappa shape index (κ2) is 37.3. The van der Waals surface area contributed by atoms with E-state index in [0.29, 0.717) is 0 Å². The van der Waals surface area contributed by atoms with Crippen molar-refractivity contribution in [2.24, 2.45) is 0 Å². The molecule has 0 radical (unpaired) electrons. The molecule has 1 heterocycles. The van der Waals surface area contributed by atoms with Gasteiger partial charge in [0.2, 0.25) is 11.4 Å². The molecule has 2 aromatic rings. The van der Waals surface area contributed by atoms with Crippen LogP contribution in [0.15, 0.2) is 59.7 Å². The quantitative estimate of drug-likeness (QED) is 0.0362. The molecular weight excluding hydrogens is 761 g/mol. The molecule has 0 saturated heterocycles. The van der Waals surface area contributed by atoms with Crippen LogP contribution in [0.3, 0.4) is 0 Å². The zero-order valence-corrected chi connectivity index (χ0v) is 42.1. The average Bonchev–Trinajstić information content (AvgIpc) is 3.58. The Morgan fingerprint density at radius 1 is 0.381 bits per heavy atom. The monoisotopic (exact) mass is 859 g/mol. The van der Waals surface area contributed by atoms with Gasteiger partial charge < -0.3 is 5.53 Å². The van der Waals surface area contributed by atoms with Crippen molar-refractivity contribution in [3.63, 3.8) is 0 Å². The predicted molar refractivity (Wildman–Crippen MR) is 279 cm³/mol. The van der Waals surface area contributed by atoms with Crippen LogP contribution in [0.2, 0.25) is 0 Å². The predicted octanol–water partition coefficient (Wildman–Crippen LogP) is 20.5. The highest BCUT2D eigenvalue weighted by Gasteiger charge is 2.35. The molecule has 0 atom stereocenters. The normalized spacial score (nSPS) is 12.8. The Kier molecular flexibility index (Phi) is 32.2. The Labute approximate surface area is 391 Å². The molecular formula is C61H98N2. The minimum absolute atomic E-state index is 0.873. The topological polar surface area (TPSA) is 25.3 Å². The Morgan fingerprint density at radius 2 is 0.794 bits per heavy atom. The summed E-state index contributed by atoms with van der Waals surface area (Å²) in [6.45, 7) is 9.12. The number of benzene rings is 2. The summed E-state index contributed by atoms with van der Waals surface area (Å²) in [7, 11) is 0. The van der Waals surface area contributed by atoms with Gasteiger partial charge in [0.25, 0.3) is 0 Å². The van der Waals surface area contributed by atoms with E-state index in [2.05, 4.69) is 88.1 Å². The van der Waals surface area contributed by atoms with Gasteiger partial charge in [0.05, 0.1) is 0 Å². The highest BCUT2D eigenvalue weighted by Crippen LogP contribution is 2.42. The minimum Gasteiger partial charge on any atom is -0.493 e. The van der Waals surface area contributed by atoms with Crippen LogP contribution in [0, 0.1) is 11.8 Å². The van der Waals surface area contributed by atoms with Crippen molar-refractivity contribution in [1.82, 2.24) is 0 Å². The summed E-state index contributed by atoms with van der Waals surface area (Å²) in [6.07, 6.45) is 51.8. The van der Waals surface area contributed by atoms with Crippen molar-refractivity contribution >= 4 is 11.4 Å². The maximum absolute atomic E-state index is 12.2. The summed E-state index contributed by atoms with van der Waals surface area (Å²) < 4.78 is 1.51. The lowest BCUT2D eigenvalue weighted by atomic mass is 9.94. The van der Waals surface area contributed by atoms with Crippen LogP contribution in [0.4, 0.5) is 0 Å². The van der Waals surface area contributed by atoms with Crippen LogP contribution in [0.1, 0.15) is 288 Å². The number of unbranched alkanes of at least 4 members (excludes halogenated alkanes) is 32. The van der Waals surface area contributed by atoms with Gasteiger partial charge in [0.15, 0.2) is 0 Å². The van der Waals surface area contributed by atoms with Gasteiger partial charge in [-0.25, -0.2) is 4.70 Å². The van der Waals surface area contributed by atoms with E-state index in [1.54, 1.807) is 0 Å². The van der Waals surface area contributed by atoms with E-state index in [1.165, 1.54) is 233 Å². The zero-order valence-electron chi connectivity index (χ0n) is 42.1. The van der Waals surface area contributed by atoms with Gasteiger partial charge >= 0.3 is 0 Å². The number of hydrogen-bond acceptors (Lipinski definition) is 0. The molecule has 63 heavy (non-hydrogen) atoms. The highest BCUT2D eigenvalue weighted by atomic mass is 15.2. The van der Waals surface area contributed by atoms with Crippen LogP contribution in [0.5, 0.6) is 0 Å². The first kappa shape index (κ1) is 54.4. The lowest BCUT2D eigenvalue weighted by Crippen LogP contribution is -2.03. The van der Waals surface area contributed by atoms with Crippen LogP contribution in [-0.2, 0) is 12.8 Å². The third-order valence-electron chi connectivity index (χ3n) is 13.7. The molecule has 0 bridgehead atoms. The fourth-order valence-electron chi connectivity index (χ4n) is 9.62. The minimum atomic E-state index is 0.873. The number of aryl methyl sites for hydroxylation is 2. The molecule has 0 N–H and O–H groups in total. The van der Waals surface area contributed by atoms with Crippen LogP contribution in [0.25, 0.3) is 16.9 Å². The van der Waals surface area contributed by atoms with Gasteiger partial charge in [-0.1, -0.05) is 263 Å². The lowest BCUT2D eigenvalue weighted by Gasteiger charge is -2.11. The maximum atomic E-state index is 12.2. The summed E-state index contributed by atoms with van der Waals surface area (Å²) >= 11 is 0. The third kappa shape index (κ3) is 23.7. The number of nitrogens with zero attached hydrogens (tertiary/aromatic N) is 2. The number of allylic oxidation sites excluding steroid dienone is 2. The lowest BCUT2D eigenvalue weighted by molar-refractivity contribution is -0.345. The van der Waals surface area contributed by atoms with Gasteiger partial charge in [-0.15, -0.1) is 0 Å². The third-order valence-corrected chi connectivity index (χ3v) is 13.7. The number of hydrogen-bond donors (Lipinski definition) is 0. The van der Waals surface area contributed by atoms with Gasteiger partial charge in [0, 0.05) is 23.1 Å². The van der Waals surface area contributed by atoms with E-state index in [9.17, 15) is 5.53 Å². The molecule has 0 spiro atoms.